The Labute approximate surface area is 143 Å². The summed E-state index contributed by atoms with van der Waals surface area (Å²) in [7, 11) is 0. The number of esters is 1. The summed E-state index contributed by atoms with van der Waals surface area (Å²) >= 11 is 11.9. The van der Waals surface area contributed by atoms with Crippen molar-refractivity contribution >= 4 is 29.2 Å². The molecule has 1 aromatic heterocycles. The van der Waals surface area contributed by atoms with Gasteiger partial charge in [0.2, 0.25) is 0 Å². The summed E-state index contributed by atoms with van der Waals surface area (Å²) in [4.78, 5) is 12.1. The van der Waals surface area contributed by atoms with Gasteiger partial charge in [-0.2, -0.15) is 5.10 Å². The monoisotopic (exact) mass is 346 g/mol. The molecule has 0 spiro atoms. The predicted molar refractivity (Wildman–Crippen MR) is 89.1 cm³/mol. The third kappa shape index (κ3) is 3.55. The molecule has 0 aliphatic rings. The van der Waals surface area contributed by atoms with Gasteiger partial charge < -0.3 is 4.74 Å². The molecule has 0 radical (unpaired) electrons. The standard InChI is InChI=1S/C17H12Cl2N2O2/c18-15-4-1-3-14(16(15)19)17(22)23-11-12-5-7-13(8-6-12)21-10-2-9-20-21/h1-10H,11H2. The topological polar surface area (TPSA) is 44.1 Å². The number of rotatable bonds is 4. The highest BCUT2D eigenvalue weighted by Crippen LogP contribution is 2.26. The first kappa shape index (κ1) is 15.6. The van der Waals surface area contributed by atoms with Crippen LogP contribution in [0.15, 0.2) is 60.9 Å². The van der Waals surface area contributed by atoms with Gasteiger partial charge in [-0.15, -0.1) is 0 Å². The summed E-state index contributed by atoms with van der Waals surface area (Å²) in [6, 6.07) is 14.3. The summed E-state index contributed by atoms with van der Waals surface area (Å²) in [6.45, 7) is 0.154. The zero-order chi connectivity index (χ0) is 16.2. The highest BCUT2D eigenvalue weighted by atomic mass is 35.5. The van der Waals surface area contributed by atoms with E-state index in [1.807, 2.05) is 36.5 Å². The highest BCUT2D eigenvalue weighted by molar-refractivity contribution is 6.43. The Kier molecular flexibility index (Phi) is 4.65. The van der Waals surface area contributed by atoms with Crippen molar-refractivity contribution in [3.05, 3.63) is 82.1 Å². The van der Waals surface area contributed by atoms with E-state index in [1.54, 1.807) is 29.1 Å². The molecule has 6 heteroatoms. The number of ether oxygens (including phenoxy) is 1. The SMILES string of the molecule is O=C(OCc1ccc(-n2cccn2)cc1)c1cccc(Cl)c1Cl. The molecule has 0 unspecified atom stereocenters. The van der Waals surface area contributed by atoms with Gasteiger partial charge in [-0.25, -0.2) is 9.48 Å². The van der Waals surface area contributed by atoms with Crippen LogP contribution in [0.2, 0.25) is 10.0 Å². The van der Waals surface area contributed by atoms with E-state index >= 15 is 0 Å². The van der Waals surface area contributed by atoms with Gasteiger partial charge >= 0.3 is 5.97 Å². The van der Waals surface area contributed by atoms with Crippen molar-refractivity contribution in [2.24, 2.45) is 0 Å². The zero-order valence-electron chi connectivity index (χ0n) is 11.9. The van der Waals surface area contributed by atoms with Crippen LogP contribution >= 0.6 is 23.2 Å². The largest absolute Gasteiger partial charge is 0.457 e. The van der Waals surface area contributed by atoms with Crippen LogP contribution in [0, 0.1) is 0 Å². The molecule has 0 aliphatic carbocycles. The Hall–Kier alpha value is -2.30. The van der Waals surface area contributed by atoms with Gasteiger partial charge in [-0.3, -0.25) is 0 Å². The van der Waals surface area contributed by atoms with Crippen molar-refractivity contribution in [2.75, 3.05) is 0 Å². The quantitative estimate of drug-likeness (QED) is 0.651. The molecule has 0 saturated heterocycles. The summed E-state index contributed by atoms with van der Waals surface area (Å²) in [5.74, 6) is -0.506. The van der Waals surface area contributed by atoms with Crippen LogP contribution in [0.1, 0.15) is 15.9 Å². The molecule has 23 heavy (non-hydrogen) atoms. The highest BCUT2D eigenvalue weighted by Gasteiger charge is 2.14. The molecule has 0 amide bonds. The first-order valence-electron chi connectivity index (χ1n) is 6.85. The lowest BCUT2D eigenvalue weighted by Crippen LogP contribution is -2.06. The minimum atomic E-state index is -0.506. The minimum absolute atomic E-state index is 0.154. The average Bonchev–Trinajstić information content (AvgIpc) is 3.10. The lowest BCUT2D eigenvalue weighted by molar-refractivity contribution is 0.0473. The predicted octanol–water partition coefficient (Wildman–Crippen LogP) is 4.54. The van der Waals surface area contributed by atoms with Crippen molar-refractivity contribution in [2.45, 2.75) is 6.61 Å². The number of aromatic nitrogens is 2. The summed E-state index contributed by atoms with van der Waals surface area (Å²) in [5, 5.41) is 4.68. The number of benzene rings is 2. The average molecular weight is 347 g/mol. The maximum atomic E-state index is 12.1. The molecule has 0 atom stereocenters. The number of hydrogen-bond acceptors (Lipinski definition) is 3. The molecule has 116 valence electrons. The molecule has 1 heterocycles. The summed E-state index contributed by atoms with van der Waals surface area (Å²) in [5.41, 5.74) is 2.06. The van der Waals surface area contributed by atoms with Crippen LogP contribution in [0.4, 0.5) is 0 Å². The van der Waals surface area contributed by atoms with Crippen LogP contribution in [-0.2, 0) is 11.3 Å². The van der Waals surface area contributed by atoms with Crippen LogP contribution in [0.3, 0.4) is 0 Å². The van der Waals surface area contributed by atoms with E-state index in [2.05, 4.69) is 5.10 Å². The second-order valence-corrected chi connectivity index (χ2v) is 5.58. The van der Waals surface area contributed by atoms with Gasteiger partial charge in [-0.1, -0.05) is 41.4 Å². The van der Waals surface area contributed by atoms with Gasteiger partial charge in [-0.05, 0) is 35.9 Å². The van der Waals surface area contributed by atoms with E-state index in [0.29, 0.717) is 5.02 Å². The van der Waals surface area contributed by atoms with Crippen molar-refractivity contribution in [1.29, 1.82) is 0 Å². The Morgan fingerprint density at radius 1 is 1.09 bits per heavy atom. The molecule has 3 aromatic rings. The molecular weight excluding hydrogens is 335 g/mol. The van der Waals surface area contributed by atoms with E-state index in [4.69, 9.17) is 27.9 Å². The van der Waals surface area contributed by atoms with E-state index in [0.717, 1.165) is 11.3 Å². The van der Waals surface area contributed by atoms with Gasteiger partial charge in [0, 0.05) is 12.4 Å². The van der Waals surface area contributed by atoms with Crippen LogP contribution in [0.5, 0.6) is 0 Å². The van der Waals surface area contributed by atoms with Crippen molar-refractivity contribution < 1.29 is 9.53 Å². The second-order valence-electron chi connectivity index (χ2n) is 4.79. The fourth-order valence-electron chi connectivity index (χ4n) is 2.05. The zero-order valence-corrected chi connectivity index (χ0v) is 13.5. The number of carbonyl (C=O) groups excluding carboxylic acids is 1. The van der Waals surface area contributed by atoms with Crippen LogP contribution in [-0.4, -0.2) is 15.7 Å². The number of carbonyl (C=O) groups is 1. The maximum Gasteiger partial charge on any atom is 0.340 e. The third-order valence-corrected chi connectivity index (χ3v) is 4.07. The lowest BCUT2D eigenvalue weighted by Gasteiger charge is -2.08. The molecule has 3 rings (SSSR count). The molecule has 0 bridgehead atoms. The fraction of sp³-hybridized carbons (Fsp3) is 0.0588. The lowest BCUT2D eigenvalue weighted by atomic mass is 10.2. The van der Waals surface area contributed by atoms with E-state index in [-0.39, 0.29) is 17.2 Å². The molecular formula is C17H12Cl2N2O2. The number of halogens is 2. The van der Waals surface area contributed by atoms with Crippen molar-refractivity contribution in [1.82, 2.24) is 9.78 Å². The summed E-state index contributed by atoms with van der Waals surface area (Å²) < 4.78 is 7.03. The second kappa shape index (κ2) is 6.86. The van der Waals surface area contributed by atoms with Gasteiger partial charge in [0.05, 0.1) is 21.3 Å². The number of hydrogen-bond donors (Lipinski definition) is 0. The molecule has 0 aliphatic heterocycles. The fourth-order valence-corrected chi connectivity index (χ4v) is 2.43. The molecule has 0 N–H and O–H groups in total. The van der Waals surface area contributed by atoms with Gasteiger partial charge in [0.1, 0.15) is 6.61 Å². The minimum Gasteiger partial charge on any atom is -0.457 e. The number of nitrogens with zero attached hydrogens (tertiary/aromatic N) is 2. The molecule has 4 nitrogen and oxygen atoms in total. The molecule has 2 aromatic carbocycles. The maximum absolute atomic E-state index is 12.1. The Balaban J connectivity index is 1.66. The smallest absolute Gasteiger partial charge is 0.340 e. The van der Waals surface area contributed by atoms with E-state index < -0.39 is 5.97 Å². The third-order valence-electron chi connectivity index (χ3n) is 3.25. The summed E-state index contributed by atoms with van der Waals surface area (Å²) in [6.07, 6.45) is 3.57. The van der Waals surface area contributed by atoms with Crippen LogP contribution < -0.4 is 0 Å². The van der Waals surface area contributed by atoms with Gasteiger partial charge in [0.25, 0.3) is 0 Å². The van der Waals surface area contributed by atoms with Crippen molar-refractivity contribution in [3.63, 3.8) is 0 Å². The first-order valence-corrected chi connectivity index (χ1v) is 7.61. The molecule has 0 fully saturated rings. The normalized spacial score (nSPS) is 10.5. The molecule has 0 saturated carbocycles. The van der Waals surface area contributed by atoms with Gasteiger partial charge in [0.15, 0.2) is 0 Å². The Morgan fingerprint density at radius 3 is 2.57 bits per heavy atom. The van der Waals surface area contributed by atoms with E-state index in [1.165, 1.54) is 0 Å². The Bertz CT molecular complexity index is 815. The van der Waals surface area contributed by atoms with E-state index in [9.17, 15) is 4.79 Å². The first-order chi connectivity index (χ1) is 11.1. The van der Waals surface area contributed by atoms with Crippen molar-refractivity contribution in [3.8, 4) is 5.69 Å². The Morgan fingerprint density at radius 2 is 1.87 bits per heavy atom. The van der Waals surface area contributed by atoms with Crippen LogP contribution in [0.25, 0.3) is 5.69 Å².